The monoisotopic (exact) mass is 288 g/mol. The van der Waals surface area contributed by atoms with Crippen LogP contribution >= 0.6 is 0 Å². The SMILES string of the molecule is Cc1ccc(O)c2c1C(C)CC2NC1CCN(C)C(C)C1. The van der Waals surface area contributed by atoms with Gasteiger partial charge in [0.2, 0.25) is 0 Å². The first-order valence-electron chi connectivity index (χ1n) is 8.26. The van der Waals surface area contributed by atoms with Crippen molar-refractivity contribution in [3.8, 4) is 5.75 Å². The van der Waals surface area contributed by atoms with Crippen molar-refractivity contribution in [3.63, 3.8) is 0 Å². The zero-order chi connectivity index (χ0) is 15.1. The number of aryl methyl sites for hydroxylation is 1. The fourth-order valence-electron chi connectivity index (χ4n) is 4.22. The first kappa shape index (κ1) is 14.9. The number of rotatable bonds is 2. The summed E-state index contributed by atoms with van der Waals surface area (Å²) < 4.78 is 0. The lowest BCUT2D eigenvalue weighted by Gasteiger charge is -2.37. The number of nitrogens with zero attached hydrogens (tertiary/aromatic N) is 1. The van der Waals surface area contributed by atoms with Gasteiger partial charge in [-0.25, -0.2) is 0 Å². The number of hydrogen-bond donors (Lipinski definition) is 2. The summed E-state index contributed by atoms with van der Waals surface area (Å²) in [6.45, 7) is 7.91. The van der Waals surface area contributed by atoms with Crippen LogP contribution in [0.15, 0.2) is 12.1 Å². The van der Waals surface area contributed by atoms with Crippen LogP contribution in [0, 0.1) is 6.92 Å². The van der Waals surface area contributed by atoms with Crippen LogP contribution in [0.2, 0.25) is 0 Å². The summed E-state index contributed by atoms with van der Waals surface area (Å²) in [5, 5.41) is 14.2. The number of fused-ring (bicyclic) bond motifs is 1. The van der Waals surface area contributed by atoms with Crippen LogP contribution in [0.1, 0.15) is 61.8 Å². The Balaban J connectivity index is 1.79. The van der Waals surface area contributed by atoms with Crippen LogP contribution in [0.25, 0.3) is 0 Å². The number of nitrogens with one attached hydrogen (secondary N) is 1. The Labute approximate surface area is 128 Å². The highest BCUT2D eigenvalue weighted by atomic mass is 16.3. The molecule has 0 spiro atoms. The maximum Gasteiger partial charge on any atom is 0.120 e. The van der Waals surface area contributed by atoms with Crippen LogP contribution < -0.4 is 5.32 Å². The van der Waals surface area contributed by atoms with Gasteiger partial charge in [0.1, 0.15) is 5.75 Å². The second-order valence-corrected chi connectivity index (χ2v) is 7.14. The fraction of sp³-hybridized carbons (Fsp3) is 0.667. The minimum absolute atomic E-state index is 0.315. The van der Waals surface area contributed by atoms with Gasteiger partial charge in [-0.3, -0.25) is 0 Å². The molecule has 1 aliphatic carbocycles. The quantitative estimate of drug-likeness (QED) is 0.876. The van der Waals surface area contributed by atoms with Gasteiger partial charge in [-0.2, -0.15) is 0 Å². The summed E-state index contributed by atoms with van der Waals surface area (Å²) in [6.07, 6.45) is 3.51. The number of hydrogen-bond acceptors (Lipinski definition) is 3. The third-order valence-corrected chi connectivity index (χ3v) is 5.56. The highest BCUT2D eigenvalue weighted by molar-refractivity contribution is 5.50. The first-order chi connectivity index (χ1) is 9.97. The van der Waals surface area contributed by atoms with Crippen molar-refractivity contribution in [2.75, 3.05) is 13.6 Å². The molecule has 0 saturated carbocycles. The number of phenols is 1. The van der Waals surface area contributed by atoms with Crippen LogP contribution in [-0.2, 0) is 0 Å². The minimum Gasteiger partial charge on any atom is -0.508 e. The van der Waals surface area contributed by atoms with Gasteiger partial charge in [0.15, 0.2) is 0 Å². The summed E-state index contributed by atoms with van der Waals surface area (Å²) >= 11 is 0. The van der Waals surface area contributed by atoms with Crippen LogP contribution in [0.3, 0.4) is 0 Å². The van der Waals surface area contributed by atoms with Crippen LogP contribution in [0.4, 0.5) is 0 Å². The van der Waals surface area contributed by atoms with Gasteiger partial charge >= 0.3 is 0 Å². The highest BCUT2D eigenvalue weighted by Crippen LogP contribution is 2.46. The molecule has 116 valence electrons. The molecule has 1 aromatic rings. The summed E-state index contributed by atoms with van der Waals surface area (Å²) in [4.78, 5) is 2.44. The van der Waals surface area contributed by atoms with Crippen molar-refractivity contribution in [2.24, 2.45) is 0 Å². The Kier molecular flexibility index (Phi) is 3.98. The topological polar surface area (TPSA) is 35.5 Å². The zero-order valence-electron chi connectivity index (χ0n) is 13.7. The van der Waals surface area contributed by atoms with Gasteiger partial charge in [-0.15, -0.1) is 0 Å². The van der Waals surface area contributed by atoms with E-state index in [4.69, 9.17) is 0 Å². The Hall–Kier alpha value is -1.06. The lowest BCUT2D eigenvalue weighted by molar-refractivity contribution is 0.161. The van der Waals surface area contributed by atoms with Gasteiger partial charge in [0.25, 0.3) is 0 Å². The van der Waals surface area contributed by atoms with Gasteiger partial charge in [-0.1, -0.05) is 13.0 Å². The smallest absolute Gasteiger partial charge is 0.120 e. The molecule has 1 aliphatic heterocycles. The van der Waals surface area contributed by atoms with Crippen molar-refractivity contribution in [3.05, 3.63) is 28.8 Å². The molecule has 0 radical (unpaired) electrons. The summed E-state index contributed by atoms with van der Waals surface area (Å²) in [5.74, 6) is 1.01. The Morgan fingerprint density at radius 1 is 1.19 bits per heavy atom. The first-order valence-corrected chi connectivity index (χ1v) is 8.26. The second-order valence-electron chi connectivity index (χ2n) is 7.14. The van der Waals surface area contributed by atoms with Gasteiger partial charge < -0.3 is 15.3 Å². The second kappa shape index (κ2) is 5.62. The van der Waals surface area contributed by atoms with E-state index in [2.05, 4.69) is 38.0 Å². The normalized spacial score (nSPS) is 33.1. The molecule has 0 amide bonds. The molecule has 2 aliphatic rings. The van der Waals surface area contributed by atoms with Gasteiger partial charge in [0.05, 0.1) is 0 Å². The number of likely N-dealkylation sites (tertiary alicyclic amines) is 1. The van der Waals surface area contributed by atoms with Crippen LogP contribution in [-0.4, -0.2) is 35.7 Å². The Morgan fingerprint density at radius 3 is 2.67 bits per heavy atom. The molecule has 4 atom stereocenters. The summed E-state index contributed by atoms with van der Waals surface area (Å²) in [5.41, 5.74) is 3.85. The molecular formula is C18H28N2O. The maximum absolute atomic E-state index is 10.3. The lowest BCUT2D eigenvalue weighted by Crippen LogP contribution is -2.46. The van der Waals surface area contributed by atoms with E-state index in [9.17, 15) is 5.11 Å². The average Bonchev–Trinajstić information content (AvgIpc) is 2.76. The van der Waals surface area contributed by atoms with E-state index in [1.807, 2.05) is 12.1 Å². The molecule has 21 heavy (non-hydrogen) atoms. The third-order valence-electron chi connectivity index (χ3n) is 5.56. The molecule has 4 unspecified atom stereocenters. The van der Waals surface area contributed by atoms with E-state index in [1.165, 1.54) is 24.0 Å². The zero-order valence-corrected chi connectivity index (χ0v) is 13.7. The largest absolute Gasteiger partial charge is 0.508 e. The Bertz CT molecular complexity index is 528. The van der Waals surface area contributed by atoms with Gasteiger partial charge in [0, 0.05) is 23.7 Å². The fourth-order valence-corrected chi connectivity index (χ4v) is 4.22. The maximum atomic E-state index is 10.3. The molecule has 1 aromatic carbocycles. The third kappa shape index (κ3) is 2.69. The van der Waals surface area contributed by atoms with E-state index in [0.717, 1.165) is 18.5 Å². The van der Waals surface area contributed by atoms with Crippen molar-refractivity contribution >= 4 is 0 Å². The molecular weight excluding hydrogens is 260 g/mol. The minimum atomic E-state index is 0.315. The van der Waals surface area contributed by atoms with Gasteiger partial charge in [-0.05, 0) is 69.8 Å². The van der Waals surface area contributed by atoms with Crippen molar-refractivity contribution in [2.45, 2.75) is 64.1 Å². The molecule has 1 fully saturated rings. The van der Waals surface area contributed by atoms with Crippen LogP contribution in [0.5, 0.6) is 5.75 Å². The highest BCUT2D eigenvalue weighted by Gasteiger charge is 2.34. The van der Waals surface area contributed by atoms with E-state index in [0.29, 0.717) is 29.8 Å². The lowest BCUT2D eigenvalue weighted by atomic mass is 9.96. The van der Waals surface area contributed by atoms with Crippen molar-refractivity contribution < 1.29 is 5.11 Å². The molecule has 3 heteroatoms. The predicted octanol–water partition coefficient (Wildman–Crippen LogP) is 3.32. The molecule has 0 aromatic heterocycles. The van der Waals surface area contributed by atoms with E-state index >= 15 is 0 Å². The van der Waals surface area contributed by atoms with Crippen molar-refractivity contribution in [1.29, 1.82) is 0 Å². The van der Waals surface area contributed by atoms with E-state index in [-0.39, 0.29) is 0 Å². The van der Waals surface area contributed by atoms with Crippen molar-refractivity contribution in [1.82, 2.24) is 10.2 Å². The molecule has 3 rings (SSSR count). The number of phenolic OH excluding ortho intramolecular Hbond substituents is 1. The number of aromatic hydroxyl groups is 1. The average molecular weight is 288 g/mol. The molecule has 1 heterocycles. The molecule has 3 nitrogen and oxygen atoms in total. The Morgan fingerprint density at radius 2 is 1.95 bits per heavy atom. The predicted molar refractivity (Wildman–Crippen MR) is 86.9 cm³/mol. The number of benzene rings is 1. The summed E-state index contributed by atoms with van der Waals surface area (Å²) in [7, 11) is 2.21. The standard InChI is InChI=1S/C18H28N2O/c1-11-5-6-16(21)18-15(9-12(2)17(11)18)19-14-7-8-20(4)13(3)10-14/h5-6,12-15,19,21H,7-10H2,1-4H3. The molecule has 1 saturated heterocycles. The molecule has 0 bridgehead atoms. The molecule has 2 N–H and O–H groups in total. The number of piperidine rings is 1. The van der Waals surface area contributed by atoms with E-state index in [1.54, 1.807) is 0 Å². The van der Waals surface area contributed by atoms with E-state index < -0.39 is 0 Å². The summed E-state index contributed by atoms with van der Waals surface area (Å²) in [6, 6.07) is 5.43.